The summed E-state index contributed by atoms with van der Waals surface area (Å²) >= 11 is 0. The SMILES string of the molecule is CCCOc1ccc(CCCN)cc1C. The maximum Gasteiger partial charge on any atom is 0.122 e. The van der Waals surface area contributed by atoms with Gasteiger partial charge >= 0.3 is 0 Å². The van der Waals surface area contributed by atoms with Gasteiger partial charge in [0, 0.05) is 0 Å². The Balaban J connectivity index is 2.61. The summed E-state index contributed by atoms with van der Waals surface area (Å²) in [7, 11) is 0. The molecule has 0 aliphatic heterocycles. The van der Waals surface area contributed by atoms with Gasteiger partial charge in [0.25, 0.3) is 0 Å². The lowest BCUT2D eigenvalue weighted by Gasteiger charge is -2.09. The van der Waals surface area contributed by atoms with Gasteiger partial charge in [0.05, 0.1) is 6.61 Å². The Bertz CT molecular complexity index is 297. The van der Waals surface area contributed by atoms with E-state index in [-0.39, 0.29) is 0 Å². The zero-order chi connectivity index (χ0) is 11.1. The molecular formula is C13H21NO. The second kappa shape index (κ2) is 6.46. The normalized spacial score (nSPS) is 10.3. The van der Waals surface area contributed by atoms with Crippen molar-refractivity contribution in [1.82, 2.24) is 0 Å². The highest BCUT2D eigenvalue weighted by Gasteiger charge is 2.00. The van der Waals surface area contributed by atoms with Crippen LogP contribution >= 0.6 is 0 Å². The van der Waals surface area contributed by atoms with Crippen molar-refractivity contribution in [2.24, 2.45) is 5.73 Å². The molecule has 84 valence electrons. The Morgan fingerprint density at radius 3 is 2.73 bits per heavy atom. The van der Waals surface area contributed by atoms with Crippen LogP contribution in [0.2, 0.25) is 0 Å². The average Bonchev–Trinajstić information content (AvgIpc) is 2.25. The molecule has 0 spiro atoms. The van der Waals surface area contributed by atoms with E-state index in [4.69, 9.17) is 10.5 Å². The summed E-state index contributed by atoms with van der Waals surface area (Å²) in [6.07, 6.45) is 3.16. The summed E-state index contributed by atoms with van der Waals surface area (Å²) < 4.78 is 5.62. The molecule has 0 aliphatic carbocycles. The van der Waals surface area contributed by atoms with Crippen LogP contribution in [0.1, 0.15) is 30.9 Å². The Hall–Kier alpha value is -1.02. The number of nitrogens with two attached hydrogens (primary N) is 1. The van der Waals surface area contributed by atoms with Gasteiger partial charge in [0.15, 0.2) is 0 Å². The molecule has 15 heavy (non-hydrogen) atoms. The van der Waals surface area contributed by atoms with Gasteiger partial charge in [-0.2, -0.15) is 0 Å². The van der Waals surface area contributed by atoms with Crippen molar-refractivity contribution < 1.29 is 4.74 Å². The van der Waals surface area contributed by atoms with Gasteiger partial charge in [-0.05, 0) is 49.9 Å². The predicted octanol–water partition coefficient (Wildman–Crippen LogP) is 2.68. The van der Waals surface area contributed by atoms with Gasteiger partial charge in [-0.3, -0.25) is 0 Å². The molecular weight excluding hydrogens is 186 g/mol. The van der Waals surface area contributed by atoms with Gasteiger partial charge in [-0.15, -0.1) is 0 Å². The summed E-state index contributed by atoms with van der Waals surface area (Å²) in [5.41, 5.74) is 8.05. The van der Waals surface area contributed by atoms with Crippen molar-refractivity contribution in [2.75, 3.05) is 13.2 Å². The molecule has 0 unspecified atom stereocenters. The molecule has 2 nitrogen and oxygen atoms in total. The molecule has 0 amide bonds. The third-order valence-electron chi connectivity index (χ3n) is 2.37. The van der Waals surface area contributed by atoms with Gasteiger partial charge < -0.3 is 10.5 Å². The van der Waals surface area contributed by atoms with E-state index in [1.54, 1.807) is 0 Å². The highest BCUT2D eigenvalue weighted by atomic mass is 16.5. The van der Waals surface area contributed by atoms with Crippen LogP contribution in [-0.4, -0.2) is 13.2 Å². The number of benzene rings is 1. The topological polar surface area (TPSA) is 35.2 Å². The van der Waals surface area contributed by atoms with Crippen molar-refractivity contribution in [3.05, 3.63) is 29.3 Å². The highest BCUT2D eigenvalue weighted by molar-refractivity contribution is 5.36. The fraction of sp³-hybridized carbons (Fsp3) is 0.538. The van der Waals surface area contributed by atoms with Crippen molar-refractivity contribution in [2.45, 2.75) is 33.1 Å². The summed E-state index contributed by atoms with van der Waals surface area (Å²) in [6.45, 7) is 5.76. The molecule has 2 N–H and O–H groups in total. The van der Waals surface area contributed by atoms with Crippen LogP contribution in [0.5, 0.6) is 5.75 Å². The number of rotatable bonds is 6. The summed E-state index contributed by atoms with van der Waals surface area (Å²) in [5.74, 6) is 1.01. The van der Waals surface area contributed by atoms with E-state index < -0.39 is 0 Å². The average molecular weight is 207 g/mol. The molecule has 0 saturated heterocycles. The van der Waals surface area contributed by atoms with Crippen LogP contribution in [-0.2, 0) is 6.42 Å². The molecule has 0 aliphatic rings. The molecule has 0 aromatic heterocycles. The summed E-state index contributed by atoms with van der Waals surface area (Å²) in [6, 6.07) is 6.39. The molecule has 1 rings (SSSR count). The summed E-state index contributed by atoms with van der Waals surface area (Å²) in [5, 5.41) is 0. The second-order valence-electron chi connectivity index (χ2n) is 3.84. The van der Waals surface area contributed by atoms with Crippen LogP contribution < -0.4 is 10.5 Å². The third-order valence-corrected chi connectivity index (χ3v) is 2.37. The number of hydrogen-bond acceptors (Lipinski definition) is 2. The monoisotopic (exact) mass is 207 g/mol. The minimum atomic E-state index is 0.757. The molecule has 2 heteroatoms. The standard InChI is InChI=1S/C13H21NO/c1-3-9-15-13-7-6-12(5-4-8-14)10-11(13)2/h6-7,10H,3-5,8-9,14H2,1-2H3. The van der Waals surface area contributed by atoms with Gasteiger partial charge in [-0.25, -0.2) is 0 Å². The molecule has 0 saturated carbocycles. The van der Waals surface area contributed by atoms with E-state index in [1.807, 2.05) is 0 Å². The minimum absolute atomic E-state index is 0.757. The summed E-state index contributed by atoms with van der Waals surface area (Å²) in [4.78, 5) is 0. The maximum absolute atomic E-state index is 5.62. The Morgan fingerprint density at radius 1 is 1.33 bits per heavy atom. The number of aryl methyl sites for hydroxylation is 2. The van der Waals surface area contributed by atoms with E-state index in [1.165, 1.54) is 11.1 Å². The molecule has 0 atom stereocenters. The first-order valence-electron chi connectivity index (χ1n) is 5.70. The molecule has 0 heterocycles. The first kappa shape index (κ1) is 12.1. The Labute approximate surface area is 92.4 Å². The van der Waals surface area contributed by atoms with Gasteiger partial charge in [-0.1, -0.05) is 19.1 Å². The lowest BCUT2D eigenvalue weighted by atomic mass is 10.1. The first-order chi connectivity index (χ1) is 7.27. The van der Waals surface area contributed by atoms with E-state index >= 15 is 0 Å². The zero-order valence-electron chi connectivity index (χ0n) is 9.75. The van der Waals surface area contributed by atoms with Gasteiger partial charge in [0.2, 0.25) is 0 Å². The van der Waals surface area contributed by atoms with Crippen molar-refractivity contribution in [3.63, 3.8) is 0 Å². The highest BCUT2D eigenvalue weighted by Crippen LogP contribution is 2.19. The maximum atomic E-state index is 5.62. The Morgan fingerprint density at radius 2 is 2.13 bits per heavy atom. The van der Waals surface area contributed by atoms with Crippen LogP contribution in [0.4, 0.5) is 0 Å². The van der Waals surface area contributed by atoms with Crippen molar-refractivity contribution in [3.8, 4) is 5.75 Å². The van der Waals surface area contributed by atoms with E-state index in [9.17, 15) is 0 Å². The Kier molecular flexibility index (Phi) is 5.19. The number of ether oxygens (including phenoxy) is 1. The fourth-order valence-electron chi connectivity index (χ4n) is 1.55. The van der Waals surface area contributed by atoms with Crippen LogP contribution in [0.15, 0.2) is 18.2 Å². The minimum Gasteiger partial charge on any atom is -0.493 e. The van der Waals surface area contributed by atoms with Crippen molar-refractivity contribution >= 4 is 0 Å². The van der Waals surface area contributed by atoms with Crippen LogP contribution in [0.25, 0.3) is 0 Å². The molecule has 0 bridgehead atoms. The molecule has 1 aromatic carbocycles. The number of hydrogen-bond donors (Lipinski definition) is 1. The van der Waals surface area contributed by atoms with E-state index in [0.717, 1.165) is 38.2 Å². The van der Waals surface area contributed by atoms with Crippen molar-refractivity contribution in [1.29, 1.82) is 0 Å². The molecule has 1 aromatic rings. The molecule has 0 radical (unpaired) electrons. The second-order valence-corrected chi connectivity index (χ2v) is 3.84. The lowest BCUT2D eigenvalue weighted by molar-refractivity contribution is 0.315. The predicted molar refractivity (Wildman–Crippen MR) is 64.3 cm³/mol. The van der Waals surface area contributed by atoms with Gasteiger partial charge in [0.1, 0.15) is 5.75 Å². The quantitative estimate of drug-likeness (QED) is 0.778. The zero-order valence-corrected chi connectivity index (χ0v) is 9.75. The van der Waals surface area contributed by atoms with E-state index in [0.29, 0.717) is 0 Å². The fourth-order valence-corrected chi connectivity index (χ4v) is 1.55. The largest absolute Gasteiger partial charge is 0.493 e. The van der Waals surface area contributed by atoms with Crippen LogP contribution in [0.3, 0.4) is 0 Å². The lowest BCUT2D eigenvalue weighted by Crippen LogP contribution is -2.01. The molecule has 0 fully saturated rings. The van der Waals surface area contributed by atoms with Crippen LogP contribution in [0, 0.1) is 6.92 Å². The van der Waals surface area contributed by atoms with E-state index in [2.05, 4.69) is 32.0 Å². The first-order valence-corrected chi connectivity index (χ1v) is 5.70. The smallest absolute Gasteiger partial charge is 0.122 e. The third kappa shape index (κ3) is 3.92.